The van der Waals surface area contributed by atoms with Gasteiger partial charge in [-0.15, -0.1) is 0 Å². The van der Waals surface area contributed by atoms with Crippen molar-refractivity contribution >= 4 is 11.9 Å². The summed E-state index contributed by atoms with van der Waals surface area (Å²) in [6, 6.07) is 6.28. The topological polar surface area (TPSA) is 93.5 Å². The van der Waals surface area contributed by atoms with Gasteiger partial charge in [-0.1, -0.05) is 6.07 Å². The van der Waals surface area contributed by atoms with Crippen LogP contribution in [0.25, 0.3) is 0 Å². The Kier molecular flexibility index (Phi) is 4.50. The summed E-state index contributed by atoms with van der Waals surface area (Å²) in [6.07, 6.45) is 7.02. The van der Waals surface area contributed by atoms with E-state index in [0.29, 0.717) is 18.8 Å². The van der Waals surface area contributed by atoms with Gasteiger partial charge in [0.1, 0.15) is 12.4 Å². The number of ether oxygens (including phenoxy) is 1. The number of nitrogens with one attached hydrogen (secondary N) is 1. The maximum absolute atomic E-state index is 12.3. The highest BCUT2D eigenvalue weighted by atomic mass is 16.5. The van der Waals surface area contributed by atoms with Crippen molar-refractivity contribution in [1.29, 1.82) is 0 Å². The first-order chi connectivity index (χ1) is 11.6. The number of aromatic nitrogens is 2. The van der Waals surface area contributed by atoms with E-state index in [2.05, 4.69) is 10.3 Å². The van der Waals surface area contributed by atoms with Crippen LogP contribution in [0.2, 0.25) is 0 Å². The maximum Gasteiger partial charge on any atom is 0.335 e. The number of imidazole rings is 1. The van der Waals surface area contributed by atoms with Crippen LogP contribution in [0, 0.1) is 5.41 Å². The lowest BCUT2D eigenvalue weighted by Crippen LogP contribution is -2.36. The van der Waals surface area contributed by atoms with E-state index in [4.69, 9.17) is 9.84 Å². The Hall–Kier alpha value is -2.83. The van der Waals surface area contributed by atoms with E-state index in [1.54, 1.807) is 24.7 Å². The van der Waals surface area contributed by atoms with Gasteiger partial charge in [0.15, 0.2) is 0 Å². The summed E-state index contributed by atoms with van der Waals surface area (Å²) in [4.78, 5) is 27.2. The SMILES string of the molecule is O=C(O)c1cccc(OCCNC(=O)C2(Cn3ccnc3)CC2)c1. The molecule has 7 nitrogen and oxygen atoms in total. The second-order valence-electron chi connectivity index (χ2n) is 5.95. The fraction of sp³-hybridized carbons (Fsp3) is 0.353. The molecule has 1 aromatic carbocycles. The average Bonchev–Trinajstić information content (AvgIpc) is 3.18. The third-order valence-corrected chi connectivity index (χ3v) is 4.12. The minimum Gasteiger partial charge on any atom is -0.492 e. The van der Waals surface area contributed by atoms with Gasteiger partial charge in [0.2, 0.25) is 5.91 Å². The summed E-state index contributed by atoms with van der Waals surface area (Å²) in [5, 5.41) is 11.8. The van der Waals surface area contributed by atoms with Crippen molar-refractivity contribution in [3.63, 3.8) is 0 Å². The highest BCUT2D eigenvalue weighted by Crippen LogP contribution is 2.47. The highest BCUT2D eigenvalue weighted by Gasteiger charge is 2.49. The van der Waals surface area contributed by atoms with Gasteiger partial charge in [-0.3, -0.25) is 4.79 Å². The molecule has 0 unspecified atom stereocenters. The number of nitrogens with zero attached hydrogens (tertiary/aromatic N) is 2. The Labute approximate surface area is 139 Å². The van der Waals surface area contributed by atoms with Crippen molar-refractivity contribution in [2.75, 3.05) is 13.2 Å². The van der Waals surface area contributed by atoms with Crippen molar-refractivity contribution < 1.29 is 19.4 Å². The van der Waals surface area contributed by atoms with Crippen molar-refractivity contribution in [3.05, 3.63) is 48.5 Å². The normalized spacial score (nSPS) is 14.8. The molecule has 1 saturated carbocycles. The van der Waals surface area contributed by atoms with Crippen molar-refractivity contribution in [2.45, 2.75) is 19.4 Å². The van der Waals surface area contributed by atoms with Crippen molar-refractivity contribution in [2.24, 2.45) is 5.41 Å². The second kappa shape index (κ2) is 6.74. The van der Waals surface area contributed by atoms with Crippen LogP contribution in [-0.2, 0) is 11.3 Å². The first-order valence-corrected chi connectivity index (χ1v) is 7.79. The van der Waals surface area contributed by atoms with Crippen LogP contribution in [-0.4, -0.2) is 39.7 Å². The monoisotopic (exact) mass is 329 g/mol. The van der Waals surface area contributed by atoms with Gasteiger partial charge in [-0.25, -0.2) is 9.78 Å². The van der Waals surface area contributed by atoms with E-state index in [1.165, 1.54) is 12.1 Å². The molecule has 1 fully saturated rings. The van der Waals surface area contributed by atoms with Crippen LogP contribution in [0.15, 0.2) is 43.0 Å². The molecule has 0 bridgehead atoms. The first-order valence-electron chi connectivity index (χ1n) is 7.79. The summed E-state index contributed by atoms with van der Waals surface area (Å²) in [5.41, 5.74) is -0.155. The molecule has 0 radical (unpaired) electrons. The smallest absolute Gasteiger partial charge is 0.335 e. The summed E-state index contributed by atoms with van der Waals surface area (Å²) < 4.78 is 7.41. The van der Waals surface area contributed by atoms with E-state index >= 15 is 0 Å². The predicted molar refractivity (Wildman–Crippen MR) is 85.8 cm³/mol. The second-order valence-corrected chi connectivity index (χ2v) is 5.95. The molecule has 7 heteroatoms. The third kappa shape index (κ3) is 3.73. The first kappa shape index (κ1) is 16.0. The van der Waals surface area contributed by atoms with Gasteiger partial charge in [0.25, 0.3) is 0 Å². The molecule has 0 aliphatic heterocycles. The van der Waals surface area contributed by atoms with Crippen LogP contribution in [0.1, 0.15) is 23.2 Å². The number of carbonyl (C=O) groups is 2. The molecular weight excluding hydrogens is 310 g/mol. The number of carbonyl (C=O) groups excluding carboxylic acids is 1. The van der Waals surface area contributed by atoms with E-state index in [9.17, 15) is 9.59 Å². The molecule has 24 heavy (non-hydrogen) atoms. The van der Waals surface area contributed by atoms with E-state index in [1.807, 2.05) is 10.8 Å². The van der Waals surface area contributed by atoms with Crippen LogP contribution in [0.5, 0.6) is 5.75 Å². The van der Waals surface area contributed by atoms with Crippen LogP contribution >= 0.6 is 0 Å². The van der Waals surface area contributed by atoms with Crippen LogP contribution in [0.4, 0.5) is 0 Å². The molecule has 1 aliphatic rings. The number of hydrogen-bond acceptors (Lipinski definition) is 4. The van der Waals surface area contributed by atoms with Gasteiger partial charge in [-0.05, 0) is 31.0 Å². The Bertz CT molecular complexity index is 723. The molecule has 126 valence electrons. The molecule has 2 N–H and O–H groups in total. The van der Waals surface area contributed by atoms with Gasteiger partial charge in [0, 0.05) is 18.9 Å². The molecule has 1 heterocycles. The zero-order valence-electron chi connectivity index (χ0n) is 13.1. The van der Waals surface area contributed by atoms with E-state index in [-0.39, 0.29) is 23.5 Å². The number of carboxylic acid groups (broad SMARTS) is 1. The van der Waals surface area contributed by atoms with E-state index in [0.717, 1.165) is 12.8 Å². The maximum atomic E-state index is 12.3. The zero-order valence-corrected chi connectivity index (χ0v) is 13.1. The molecule has 1 aromatic heterocycles. The quantitative estimate of drug-likeness (QED) is 0.717. The highest BCUT2D eigenvalue weighted by molar-refractivity contribution is 5.88. The minimum absolute atomic E-state index is 0.0269. The largest absolute Gasteiger partial charge is 0.492 e. The molecule has 0 spiro atoms. The van der Waals surface area contributed by atoms with Crippen LogP contribution < -0.4 is 10.1 Å². The molecule has 2 aromatic rings. The van der Waals surface area contributed by atoms with Crippen molar-refractivity contribution in [3.8, 4) is 5.75 Å². The number of amides is 1. The molecule has 0 saturated heterocycles. The summed E-state index contributed by atoms with van der Waals surface area (Å²) in [6.45, 7) is 1.30. The summed E-state index contributed by atoms with van der Waals surface area (Å²) in [7, 11) is 0. The fourth-order valence-corrected chi connectivity index (χ4v) is 2.58. The number of carboxylic acids is 1. The lowest BCUT2D eigenvalue weighted by atomic mass is 10.1. The molecule has 0 atom stereocenters. The molecule has 1 amide bonds. The minimum atomic E-state index is -0.996. The van der Waals surface area contributed by atoms with Gasteiger partial charge < -0.3 is 19.7 Å². The van der Waals surface area contributed by atoms with Gasteiger partial charge in [0.05, 0.1) is 23.9 Å². The number of hydrogen-bond donors (Lipinski definition) is 2. The summed E-state index contributed by atoms with van der Waals surface area (Å²) >= 11 is 0. The number of aromatic carboxylic acids is 1. The molecular formula is C17H19N3O4. The lowest BCUT2D eigenvalue weighted by molar-refractivity contribution is -0.126. The van der Waals surface area contributed by atoms with Crippen molar-refractivity contribution in [1.82, 2.24) is 14.9 Å². The average molecular weight is 329 g/mol. The van der Waals surface area contributed by atoms with Gasteiger partial charge in [-0.2, -0.15) is 0 Å². The predicted octanol–water partition coefficient (Wildman–Crippen LogP) is 1.56. The number of rotatable bonds is 8. The zero-order chi connectivity index (χ0) is 17.0. The standard InChI is InChI=1S/C17H19N3O4/c21-15(22)13-2-1-3-14(10-13)24-9-7-19-16(23)17(4-5-17)11-20-8-6-18-12-20/h1-3,6,8,10,12H,4-5,7,9,11H2,(H,19,23)(H,21,22). The third-order valence-electron chi connectivity index (χ3n) is 4.12. The number of benzene rings is 1. The Morgan fingerprint density at radius 3 is 2.88 bits per heavy atom. The Balaban J connectivity index is 1.44. The fourth-order valence-electron chi connectivity index (χ4n) is 2.58. The molecule has 1 aliphatic carbocycles. The Morgan fingerprint density at radius 2 is 2.21 bits per heavy atom. The van der Waals surface area contributed by atoms with Gasteiger partial charge >= 0.3 is 5.97 Å². The lowest BCUT2D eigenvalue weighted by Gasteiger charge is -2.16. The Morgan fingerprint density at radius 1 is 1.38 bits per heavy atom. The summed E-state index contributed by atoms with van der Waals surface area (Å²) in [5.74, 6) is -0.494. The molecule has 3 rings (SSSR count). The van der Waals surface area contributed by atoms with E-state index < -0.39 is 5.97 Å². The van der Waals surface area contributed by atoms with Crippen LogP contribution in [0.3, 0.4) is 0 Å².